The first-order chi connectivity index (χ1) is 12.1. The summed E-state index contributed by atoms with van der Waals surface area (Å²) in [7, 11) is 4.12. The standard InChI is InChI=1S/C20H27FN4.HI/c1-4-22-20(23-14-17-12-8-9-13-18(17)21)24-15-19(25(2)3)16-10-6-5-7-11-16;/h5-13,19H,4,14-15H2,1-3H3,(H2,22,23,24);1H. The highest BCUT2D eigenvalue weighted by atomic mass is 127. The van der Waals surface area contributed by atoms with Gasteiger partial charge in [0.1, 0.15) is 5.82 Å². The Hall–Kier alpha value is -1.67. The van der Waals surface area contributed by atoms with Gasteiger partial charge in [0.25, 0.3) is 0 Å². The quantitative estimate of drug-likeness (QED) is 0.368. The molecule has 0 fully saturated rings. The average molecular weight is 470 g/mol. The van der Waals surface area contributed by atoms with E-state index in [1.807, 2.05) is 31.2 Å². The summed E-state index contributed by atoms with van der Waals surface area (Å²) in [6.45, 7) is 3.78. The van der Waals surface area contributed by atoms with Gasteiger partial charge < -0.3 is 15.5 Å². The number of aliphatic imine (C=N–C) groups is 1. The van der Waals surface area contributed by atoms with Crippen molar-refractivity contribution >= 4 is 29.9 Å². The van der Waals surface area contributed by atoms with Gasteiger partial charge in [-0.15, -0.1) is 24.0 Å². The highest BCUT2D eigenvalue weighted by Gasteiger charge is 2.14. The molecule has 0 amide bonds. The summed E-state index contributed by atoms with van der Waals surface area (Å²) in [5.74, 6) is 0.464. The van der Waals surface area contributed by atoms with Crippen molar-refractivity contribution in [2.45, 2.75) is 19.5 Å². The fraction of sp³-hybridized carbons (Fsp3) is 0.350. The second-order valence-corrected chi connectivity index (χ2v) is 6.06. The second kappa shape index (κ2) is 11.9. The van der Waals surface area contributed by atoms with Crippen molar-refractivity contribution in [2.75, 3.05) is 27.2 Å². The van der Waals surface area contributed by atoms with Gasteiger partial charge in [-0.05, 0) is 32.6 Å². The maximum absolute atomic E-state index is 13.8. The van der Waals surface area contributed by atoms with Crippen molar-refractivity contribution in [3.05, 3.63) is 71.5 Å². The lowest BCUT2D eigenvalue weighted by Gasteiger charge is -2.26. The highest BCUT2D eigenvalue weighted by molar-refractivity contribution is 14.0. The minimum atomic E-state index is -0.224. The van der Waals surface area contributed by atoms with E-state index >= 15 is 0 Å². The Morgan fingerprint density at radius 2 is 1.69 bits per heavy atom. The lowest BCUT2D eigenvalue weighted by Crippen LogP contribution is -2.41. The molecule has 1 unspecified atom stereocenters. The van der Waals surface area contributed by atoms with Crippen LogP contribution in [0.5, 0.6) is 0 Å². The number of halogens is 2. The van der Waals surface area contributed by atoms with Crippen molar-refractivity contribution in [1.82, 2.24) is 15.5 Å². The molecule has 0 aromatic heterocycles. The van der Waals surface area contributed by atoms with Crippen LogP contribution < -0.4 is 10.6 Å². The predicted molar refractivity (Wildman–Crippen MR) is 118 cm³/mol. The SMILES string of the molecule is CCNC(=NCc1ccccc1F)NCC(c1ccccc1)N(C)C.I. The molecular weight excluding hydrogens is 442 g/mol. The van der Waals surface area contributed by atoms with Crippen molar-refractivity contribution in [3.8, 4) is 0 Å². The summed E-state index contributed by atoms with van der Waals surface area (Å²) >= 11 is 0. The zero-order valence-electron chi connectivity index (χ0n) is 15.6. The number of guanidine groups is 1. The molecule has 142 valence electrons. The van der Waals surface area contributed by atoms with Crippen LogP contribution in [0.4, 0.5) is 4.39 Å². The molecular formula is C20H28FIN4. The Labute approximate surface area is 172 Å². The summed E-state index contributed by atoms with van der Waals surface area (Å²) in [6.07, 6.45) is 0. The van der Waals surface area contributed by atoms with Gasteiger partial charge >= 0.3 is 0 Å². The Balaban J connectivity index is 0.00000338. The molecule has 0 saturated carbocycles. The first kappa shape index (κ1) is 22.4. The molecule has 1 atom stereocenters. The van der Waals surface area contributed by atoms with Crippen molar-refractivity contribution in [1.29, 1.82) is 0 Å². The topological polar surface area (TPSA) is 39.7 Å². The van der Waals surface area contributed by atoms with Crippen LogP contribution in [0, 0.1) is 5.82 Å². The molecule has 0 saturated heterocycles. The summed E-state index contributed by atoms with van der Waals surface area (Å²) in [5.41, 5.74) is 1.83. The van der Waals surface area contributed by atoms with Crippen LogP contribution in [-0.2, 0) is 6.54 Å². The van der Waals surface area contributed by atoms with Crippen LogP contribution in [-0.4, -0.2) is 38.0 Å². The molecule has 0 heterocycles. The van der Waals surface area contributed by atoms with E-state index in [0.717, 1.165) is 6.54 Å². The molecule has 26 heavy (non-hydrogen) atoms. The molecule has 2 aromatic rings. The summed E-state index contributed by atoms with van der Waals surface area (Å²) in [4.78, 5) is 6.67. The number of rotatable bonds is 7. The molecule has 0 aliphatic heterocycles. The second-order valence-electron chi connectivity index (χ2n) is 6.06. The van der Waals surface area contributed by atoms with Crippen molar-refractivity contribution in [3.63, 3.8) is 0 Å². The van der Waals surface area contributed by atoms with Crippen LogP contribution >= 0.6 is 24.0 Å². The van der Waals surface area contributed by atoms with Crippen LogP contribution in [0.15, 0.2) is 59.6 Å². The molecule has 0 bridgehead atoms. The third kappa shape index (κ3) is 6.92. The largest absolute Gasteiger partial charge is 0.357 e. The molecule has 6 heteroatoms. The smallest absolute Gasteiger partial charge is 0.191 e. The number of hydrogen-bond acceptors (Lipinski definition) is 2. The lowest BCUT2D eigenvalue weighted by molar-refractivity contribution is 0.298. The van der Waals surface area contributed by atoms with E-state index in [0.29, 0.717) is 24.6 Å². The fourth-order valence-electron chi connectivity index (χ4n) is 2.60. The number of nitrogens with one attached hydrogen (secondary N) is 2. The molecule has 2 aromatic carbocycles. The third-order valence-corrected chi connectivity index (χ3v) is 3.98. The van der Waals surface area contributed by atoms with Gasteiger partial charge in [0.05, 0.1) is 12.6 Å². The van der Waals surface area contributed by atoms with Gasteiger partial charge in [-0.25, -0.2) is 9.38 Å². The van der Waals surface area contributed by atoms with Crippen molar-refractivity contribution in [2.24, 2.45) is 4.99 Å². The fourth-order valence-corrected chi connectivity index (χ4v) is 2.60. The first-order valence-electron chi connectivity index (χ1n) is 8.58. The summed E-state index contributed by atoms with van der Waals surface area (Å²) < 4.78 is 13.8. The van der Waals surface area contributed by atoms with E-state index in [2.05, 4.69) is 46.8 Å². The van der Waals surface area contributed by atoms with E-state index in [4.69, 9.17) is 0 Å². The summed E-state index contributed by atoms with van der Waals surface area (Å²) in [5, 5.41) is 6.58. The molecule has 2 N–H and O–H groups in total. The molecule has 2 rings (SSSR count). The third-order valence-electron chi connectivity index (χ3n) is 3.98. The van der Waals surface area contributed by atoms with Gasteiger partial charge in [-0.3, -0.25) is 0 Å². The van der Waals surface area contributed by atoms with E-state index in [1.165, 1.54) is 11.6 Å². The van der Waals surface area contributed by atoms with E-state index < -0.39 is 0 Å². The van der Waals surface area contributed by atoms with Gasteiger partial charge in [-0.1, -0.05) is 48.5 Å². The lowest BCUT2D eigenvalue weighted by atomic mass is 10.1. The maximum atomic E-state index is 13.8. The number of likely N-dealkylation sites (N-methyl/N-ethyl adjacent to an activating group) is 1. The highest BCUT2D eigenvalue weighted by Crippen LogP contribution is 2.16. The van der Waals surface area contributed by atoms with Gasteiger partial charge in [-0.2, -0.15) is 0 Å². The number of benzene rings is 2. The van der Waals surface area contributed by atoms with E-state index in [-0.39, 0.29) is 35.8 Å². The molecule has 0 aliphatic rings. The minimum Gasteiger partial charge on any atom is -0.357 e. The van der Waals surface area contributed by atoms with Gasteiger partial charge in [0.15, 0.2) is 5.96 Å². The maximum Gasteiger partial charge on any atom is 0.191 e. The summed E-state index contributed by atoms with van der Waals surface area (Å²) in [6, 6.07) is 17.3. The predicted octanol–water partition coefficient (Wildman–Crippen LogP) is 3.80. The monoisotopic (exact) mass is 470 g/mol. The average Bonchev–Trinajstić information content (AvgIpc) is 2.61. The Kier molecular flexibility index (Phi) is 10.2. The van der Waals surface area contributed by atoms with Crippen LogP contribution in [0.2, 0.25) is 0 Å². The number of nitrogens with zero attached hydrogens (tertiary/aromatic N) is 2. The van der Waals surface area contributed by atoms with E-state index in [1.54, 1.807) is 12.1 Å². The van der Waals surface area contributed by atoms with Gasteiger partial charge in [0, 0.05) is 18.7 Å². The van der Waals surface area contributed by atoms with Crippen LogP contribution in [0.1, 0.15) is 24.1 Å². The molecule has 4 nitrogen and oxygen atoms in total. The molecule has 0 aliphatic carbocycles. The molecule has 0 spiro atoms. The van der Waals surface area contributed by atoms with Crippen LogP contribution in [0.25, 0.3) is 0 Å². The first-order valence-corrected chi connectivity index (χ1v) is 8.58. The zero-order valence-corrected chi connectivity index (χ0v) is 17.9. The Morgan fingerprint density at radius 3 is 2.31 bits per heavy atom. The van der Waals surface area contributed by atoms with Crippen LogP contribution in [0.3, 0.4) is 0 Å². The van der Waals surface area contributed by atoms with Gasteiger partial charge in [0.2, 0.25) is 0 Å². The molecule has 0 radical (unpaired) electrons. The number of hydrogen-bond donors (Lipinski definition) is 2. The normalized spacial score (nSPS) is 12.4. The Bertz CT molecular complexity index is 677. The van der Waals surface area contributed by atoms with Crippen molar-refractivity contribution < 1.29 is 4.39 Å². The minimum absolute atomic E-state index is 0. The van der Waals surface area contributed by atoms with E-state index in [9.17, 15) is 4.39 Å². The Morgan fingerprint density at radius 1 is 1.04 bits per heavy atom. The zero-order chi connectivity index (χ0) is 18.1.